The molecular formula is C28H30ClFN2O4. The van der Waals surface area contributed by atoms with Crippen molar-refractivity contribution in [2.45, 2.75) is 12.7 Å². The zero-order chi connectivity index (χ0) is 25.5. The molecule has 0 unspecified atom stereocenters. The van der Waals surface area contributed by atoms with Crippen molar-refractivity contribution in [2.75, 3.05) is 46.9 Å². The molecule has 36 heavy (non-hydrogen) atoms. The summed E-state index contributed by atoms with van der Waals surface area (Å²) in [4.78, 5) is 16.9. The Labute approximate surface area is 216 Å². The molecule has 1 amide bonds. The molecular weight excluding hydrogens is 483 g/mol. The van der Waals surface area contributed by atoms with Crippen molar-refractivity contribution in [3.05, 3.63) is 94.3 Å². The summed E-state index contributed by atoms with van der Waals surface area (Å²) in [7, 11) is 3.04. The summed E-state index contributed by atoms with van der Waals surface area (Å²) in [6.45, 7) is 3.55. The molecule has 3 aromatic carbocycles. The Hall–Kier alpha value is -3.13. The Morgan fingerprint density at radius 1 is 0.972 bits per heavy atom. The number of carbonyl (C=O) groups is 1. The zero-order valence-electron chi connectivity index (χ0n) is 20.5. The first-order chi connectivity index (χ1) is 17.5. The van der Waals surface area contributed by atoms with Crippen LogP contribution in [0.4, 0.5) is 4.39 Å². The predicted molar refractivity (Wildman–Crippen MR) is 137 cm³/mol. The van der Waals surface area contributed by atoms with Crippen molar-refractivity contribution in [3.8, 4) is 11.5 Å². The summed E-state index contributed by atoms with van der Waals surface area (Å²) in [5.41, 5.74) is 2.34. The molecule has 190 valence electrons. The first-order valence-corrected chi connectivity index (χ1v) is 12.2. The van der Waals surface area contributed by atoms with Crippen molar-refractivity contribution < 1.29 is 23.4 Å². The fourth-order valence-electron chi connectivity index (χ4n) is 4.27. The molecule has 1 saturated heterocycles. The first-order valence-electron chi connectivity index (χ1n) is 11.8. The van der Waals surface area contributed by atoms with E-state index in [9.17, 15) is 9.18 Å². The minimum Gasteiger partial charge on any atom is -0.497 e. The highest BCUT2D eigenvalue weighted by molar-refractivity contribution is 6.30. The molecule has 6 nitrogen and oxygen atoms in total. The van der Waals surface area contributed by atoms with Gasteiger partial charge in [-0.15, -0.1) is 0 Å². The van der Waals surface area contributed by atoms with Gasteiger partial charge in [0.1, 0.15) is 5.75 Å². The van der Waals surface area contributed by atoms with E-state index in [0.29, 0.717) is 49.9 Å². The Bertz CT molecular complexity index is 1180. The highest BCUT2D eigenvalue weighted by atomic mass is 35.5. The highest BCUT2D eigenvalue weighted by Gasteiger charge is 2.25. The molecule has 0 spiro atoms. The molecule has 0 bridgehead atoms. The van der Waals surface area contributed by atoms with Gasteiger partial charge in [0.05, 0.1) is 26.9 Å². The lowest BCUT2D eigenvalue weighted by Crippen LogP contribution is -2.49. The Kier molecular flexibility index (Phi) is 8.80. The van der Waals surface area contributed by atoms with Crippen molar-refractivity contribution in [1.29, 1.82) is 0 Å². The van der Waals surface area contributed by atoms with Crippen LogP contribution in [0.5, 0.6) is 11.5 Å². The molecule has 4 rings (SSSR count). The summed E-state index contributed by atoms with van der Waals surface area (Å²) in [6, 6.07) is 19.8. The van der Waals surface area contributed by atoms with Crippen LogP contribution in [-0.4, -0.2) is 62.7 Å². The van der Waals surface area contributed by atoms with E-state index >= 15 is 0 Å². The number of benzene rings is 3. The Balaban J connectivity index is 1.40. The van der Waals surface area contributed by atoms with Crippen LogP contribution >= 0.6 is 11.6 Å². The molecule has 0 saturated carbocycles. The van der Waals surface area contributed by atoms with Gasteiger partial charge in [0, 0.05) is 43.3 Å². The van der Waals surface area contributed by atoms with Gasteiger partial charge in [0.15, 0.2) is 11.6 Å². The third-order valence-electron chi connectivity index (χ3n) is 6.29. The molecule has 0 aromatic heterocycles. The number of rotatable bonds is 9. The van der Waals surface area contributed by atoms with E-state index in [2.05, 4.69) is 4.90 Å². The summed E-state index contributed by atoms with van der Waals surface area (Å²) in [6.07, 6.45) is -0.197. The van der Waals surface area contributed by atoms with Crippen molar-refractivity contribution in [3.63, 3.8) is 0 Å². The van der Waals surface area contributed by atoms with Gasteiger partial charge in [0.2, 0.25) is 0 Å². The summed E-state index contributed by atoms with van der Waals surface area (Å²) in [5.74, 6) is 0.168. The SMILES string of the molecule is COc1cccc([C@@H](CN2CCN(C(=O)c3ccc(OC)c(F)c3)CC2)OCc2cccc(Cl)c2)c1. The lowest BCUT2D eigenvalue weighted by atomic mass is 10.1. The van der Waals surface area contributed by atoms with E-state index in [1.54, 1.807) is 18.1 Å². The Morgan fingerprint density at radius 2 is 1.75 bits per heavy atom. The molecule has 1 fully saturated rings. The molecule has 1 aliphatic heterocycles. The van der Waals surface area contributed by atoms with E-state index in [4.69, 9.17) is 25.8 Å². The molecule has 1 aliphatic rings. The van der Waals surface area contributed by atoms with E-state index < -0.39 is 5.82 Å². The van der Waals surface area contributed by atoms with Gasteiger partial charge in [-0.25, -0.2) is 4.39 Å². The van der Waals surface area contributed by atoms with Crippen LogP contribution in [-0.2, 0) is 11.3 Å². The minimum absolute atomic E-state index is 0.123. The second-order valence-electron chi connectivity index (χ2n) is 8.65. The maximum absolute atomic E-state index is 14.1. The van der Waals surface area contributed by atoms with Crippen molar-refractivity contribution >= 4 is 17.5 Å². The van der Waals surface area contributed by atoms with Gasteiger partial charge in [-0.3, -0.25) is 9.69 Å². The van der Waals surface area contributed by atoms with Crippen LogP contribution in [0.3, 0.4) is 0 Å². The largest absolute Gasteiger partial charge is 0.497 e. The standard InChI is InChI=1S/C28H30ClFN2O4/c1-34-24-8-4-6-21(16-24)27(36-19-20-5-3-7-23(29)15-20)18-31-11-13-32(14-12-31)28(33)22-9-10-26(35-2)25(30)17-22/h3-10,15-17,27H,11-14,18-19H2,1-2H3/t27-/m1/s1. The molecule has 0 N–H and O–H groups in total. The van der Waals surface area contributed by atoms with Gasteiger partial charge in [0.25, 0.3) is 5.91 Å². The number of hydrogen-bond acceptors (Lipinski definition) is 5. The van der Waals surface area contributed by atoms with E-state index in [-0.39, 0.29) is 17.8 Å². The number of halogens is 2. The first kappa shape index (κ1) is 25.9. The zero-order valence-corrected chi connectivity index (χ0v) is 21.2. The maximum atomic E-state index is 14.1. The second-order valence-corrected chi connectivity index (χ2v) is 9.08. The van der Waals surface area contributed by atoms with Crippen LogP contribution in [0, 0.1) is 5.82 Å². The molecule has 1 heterocycles. The van der Waals surface area contributed by atoms with E-state index in [0.717, 1.165) is 16.9 Å². The normalized spacial score (nSPS) is 14.9. The van der Waals surface area contributed by atoms with Gasteiger partial charge < -0.3 is 19.1 Å². The van der Waals surface area contributed by atoms with Gasteiger partial charge in [-0.1, -0.05) is 35.9 Å². The maximum Gasteiger partial charge on any atom is 0.254 e. The topological polar surface area (TPSA) is 51.2 Å². The number of carbonyl (C=O) groups excluding carboxylic acids is 1. The van der Waals surface area contributed by atoms with Crippen molar-refractivity contribution in [2.24, 2.45) is 0 Å². The molecule has 3 aromatic rings. The summed E-state index contributed by atoms with van der Waals surface area (Å²) in [5, 5.41) is 0.673. The third kappa shape index (κ3) is 6.55. The van der Waals surface area contributed by atoms with Gasteiger partial charge in [-0.05, 0) is 53.6 Å². The lowest BCUT2D eigenvalue weighted by molar-refractivity contribution is 0.00333. The van der Waals surface area contributed by atoms with Crippen LogP contribution in [0.2, 0.25) is 5.02 Å². The van der Waals surface area contributed by atoms with Gasteiger partial charge >= 0.3 is 0 Å². The average molecular weight is 513 g/mol. The second kappa shape index (κ2) is 12.2. The molecule has 8 heteroatoms. The van der Waals surface area contributed by atoms with Crippen LogP contribution < -0.4 is 9.47 Å². The quantitative estimate of drug-likeness (QED) is 0.394. The Morgan fingerprint density at radius 3 is 2.44 bits per heavy atom. The van der Waals surface area contributed by atoms with Gasteiger partial charge in [-0.2, -0.15) is 0 Å². The fraction of sp³-hybridized carbons (Fsp3) is 0.321. The number of methoxy groups -OCH3 is 2. The molecule has 1 atom stereocenters. The highest BCUT2D eigenvalue weighted by Crippen LogP contribution is 2.26. The van der Waals surface area contributed by atoms with Crippen LogP contribution in [0.15, 0.2) is 66.7 Å². The smallest absolute Gasteiger partial charge is 0.254 e. The number of nitrogens with zero attached hydrogens (tertiary/aromatic N) is 2. The monoisotopic (exact) mass is 512 g/mol. The average Bonchev–Trinajstić information content (AvgIpc) is 2.91. The van der Waals surface area contributed by atoms with E-state index in [1.807, 2.05) is 48.5 Å². The third-order valence-corrected chi connectivity index (χ3v) is 6.52. The predicted octanol–water partition coefficient (Wildman–Crippen LogP) is 5.21. The number of hydrogen-bond donors (Lipinski definition) is 0. The van der Waals surface area contributed by atoms with Crippen molar-refractivity contribution in [1.82, 2.24) is 9.80 Å². The summed E-state index contributed by atoms with van der Waals surface area (Å²) >= 11 is 6.14. The molecule has 0 radical (unpaired) electrons. The van der Waals surface area contributed by atoms with E-state index in [1.165, 1.54) is 19.2 Å². The summed E-state index contributed by atoms with van der Waals surface area (Å²) < 4.78 is 30.8. The van der Waals surface area contributed by atoms with Crippen LogP contribution in [0.25, 0.3) is 0 Å². The minimum atomic E-state index is -0.542. The molecule has 0 aliphatic carbocycles. The number of ether oxygens (including phenoxy) is 3. The lowest BCUT2D eigenvalue weighted by Gasteiger charge is -2.36. The number of piperazine rings is 1. The number of amides is 1. The van der Waals surface area contributed by atoms with Crippen LogP contribution in [0.1, 0.15) is 27.6 Å². The fourth-order valence-corrected chi connectivity index (χ4v) is 4.48.